The number of hydrogen-bond acceptors (Lipinski definition) is 10. The molecule has 12 heteroatoms. The van der Waals surface area contributed by atoms with Crippen LogP contribution in [0.1, 0.15) is 188 Å². The Labute approximate surface area is 448 Å². The number of unbranched alkanes of at least 4 members (excludes halogenated alkanes) is 8. The van der Waals surface area contributed by atoms with Crippen molar-refractivity contribution in [1.29, 1.82) is 0 Å². The minimum absolute atomic E-state index is 0.0435. The van der Waals surface area contributed by atoms with E-state index in [2.05, 4.69) is 142 Å². The second-order valence-corrected chi connectivity index (χ2v) is 19.1. The van der Waals surface area contributed by atoms with E-state index in [1.54, 1.807) is 0 Å². The predicted molar refractivity (Wildman–Crippen MR) is 306 cm³/mol. The van der Waals surface area contributed by atoms with Crippen LogP contribution in [0.4, 0.5) is 0 Å². The van der Waals surface area contributed by atoms with E-state index in [0.717, 1.165) is 122 Å². The van der Waals surface area contributed by atoms with Crippen LogP contribution in [0.25, 0.3) is 0 Å². The van der Waals surface area contributed by atoms with Crippen LogP contribution >= 0.6 is 7.82 Å². The van der Waals surface area contributed by atoms with Crippen molar-refractivity contribution in [3.8, 4) is 0 Å². The Morgan fingerprint density at radius 3 is 1.14 bits per heavy atom. The number of carbonyl (C=O) groups excluding carboxylic acids is 3. The van der Waals surface area contributed by atoms with Gasteiger partial charge in [-0.05, 0) is 116 Å². The zero-order valence-electron chi connectivity index (χ0n) is 45.7. The molecule has 0 heterocycles. The lowest BCUT2D eigenvalue weighted by Crippen LogP contribution is -2.30. The van der Waals surface area contributed by atoms with E-state index < -0.39 is 57.8 Å². The summed E-state index contributed by atoms with van der Waals surface area (Å²) < 4.78 is 39.3. The molecule has 0 aliphatic heterocycles. The van der Waals surface area contributed by atoms with Crippen molar-refractivity contribution in [2.24, 2.45) is 0 Å². The van der Waals surface area contributed by atoms with Gasteiger partial charge < -0.3 is 24.2 Å². The molecule has 0 spiro atoms. The van der Waals surface area contributed by atoms with Crippen LogP contribution in [0.5, 0.6) is 0 Å². The number of rotatable bonds is 49. The molecular formula is C62H97O11P. The van der Waals surface area contributed by atoms with Crippen LogP contribution in [-0.4, -0.2) is 66.5 Å². The lowest BCUT2D eigenvalue weighted by atomic mass is 10.1. The first kappa shape index (κ1) is 69.4. The van der Waals surface area contributed by atoms with E-state index in [-0.39, 0.29) is 25.9 Å². The van der Waals surface area contributed by atoms with Gasteiger partial charge in [-0.2, -0.15) is 0 Å². The fourth-order valence-electron chi connectivity index (χ4n) is 6.65. The van der Waals surface area contributed by atoms with Crippen molar-refractivity contribution in [3.05, 3.63) is 146 Å². The van der Waals surface area contributed by atoms with E-state index in [4.69, 9.17) is 23.3 Å². The highest BCUT2D eigenvalue weighted by Gasteiger charge is 2.28. The molecule has 0 aliphatic rings. The summed E-state index contributed by atoms with van der Waals surface area (Å²) in [4.78, 5) is 48.4. The predicted octanol–water partition coefficient (Wildman–Crippen LogP) is 16.4. The van der Waals surface area contributed by atoms with Gasteiger partial charge in [-0.25, -0.2) is 4.57 Å². The number of allylic oxidation sites excluding steroid dienone is 24. The fourth-order valence-corrected chi connectivity index (χ4v) is 7.44. The molecule has 11 nitrogen and oxygen atoms in total. The standard InChI is InChI=1S/C62H97O11P/c1-4-7-10-13-16-19-22-25-27-29-31-34-36-39-42-45-48-51-60(64)69-55-59(73-62(66)53-50-47-44-41-38-35-32-30-28-26-23-20-17-14-11-8-5-2)57-71-74(67,68)70-56-58(54-63)72-61(65)52-49-46-43-40-37-33-24-21-18-15-12-9-6-3/h7-12,16-21,25-28,31,33-34,37,39,42-43,46,58-59,63H,4-6,13-15,22-24,29-30,32,35-36,38,40-41,44-45,47-57H2,1-3H3,(H,67,68)/b10-7-,11-8-,12-9-,19-16-,20-17-,21-18-,27-25-,28-26-,34-31-,37-33-,42-39-,46-43-. The lowest BCUT2D eigenvalue weighted by molar-refractivity contribution is -0.161. The topological polar surface area (TPSA) is 155 Å². The Morgan fingerprint density at radius 2 is 0.703 bits per heavy atom. The molecular weight excluding hydrogens is 952 g/mol. The summed E-state index contributed by atoms with van der Waals surface area (Å²) in [5, 5.41) is 9.78. The Balaban J connectivity index is 4.92. The number of phosphoric acid groups is 1. The van der Waals surface area contributed by atoms with E-state index in [1.165, 1.54) is 0 Å². The van der Waals surface area contributed by atoms with Crippen LogP contribution in [0.3, 0.4) is 0 Å². The van der Waals surface area contributed by atoms with E-state index in [9.17, 15) is 28.9 Å². The molecule has 416 valence electrons. The zero-order chi connectivity index (χ0) is 54.1. The van der Waals surface area contributed by atoms with Gasteiger partial charge in [-0.1, -0.05) is 199 Å². The van der Waals surface area contributed by atoms with E-state index in [1.807, 2.05) is 24.3 Å². The molecule has 0 saturated heterocycles. The van der Waals surface area contributed by atoms with Gasteiger partial charge in [-0.3, -0.25) is 23.4 Å². The van der Waals surface area contributed by atoms with Crippen LogP contribution in [0.2, 0.25) is 0 Å². The first-order valence-corrected chi connectivity index (χ1v) is 29.2. The molecule has 0 amide bonds. The third-order valence-corrected chi connectivity index (χ3v) is 11.7. The molecule has 0 rings (SSSR count). The monoisotopic (exact) mass is 1050 g/mol. The lowest BCUT2D eigenvalue weighted by Gasteiger charge is -2.21. The largest absolute Gasteiger partial charge is 0.472 e. The highest BCUT2D eigenvalue weighted by molar-refractivity contribution is 7.47. The molecule has 0 fully saturated rings. The van der Waals surface area contributed by atoms with Crippen molar-refractivity contribution in [2.45, 2.75) is 200 Å². The van der Waals surface area contributed by atoms with E-state index >= 15 is 0 Å². The van der Waals surface area contributed by atoms with Crippen molar-refractivity contribution in [2.75, 3.05) is 26.4 Å². The van der Waals surface area contributed by atoms with Crippen LogP contribution in [0.15, 0.2) is 146 Å². The molecule has 3 unspecified atom stereocenters. The maximum atomic E-state index is 12.9. The van der Waals surface area contributed by atoms with Gasteiger partial charge in [0.05, 0.1) is 19.8 Å². The molecule has 3 atom stereocenters. The summed E-state index contributed by atoms with van der Waals surface area (Å²) in [7, 11) is -4.79. The second kappa shape index (κ2) is 54.6. The highest BCUT2D eigenvalue weighted by Crippen LogP contribution is 2.43. The molecule has 0 aromatic rings. The Hall–Kier alpha value is -4.64. The summed E-state index contributed by atoms with van der Waals surface area (Å²) >= 11 is 0. The van der Waals surface area contributed by atoms with Gasteiger partial charge >= 0.3 is 25.7 Å². The number of esters is 3. The SMILES string of the molecule is CC/C=C\C/C=C\C/C=C\C/C=C\C/C=C\CCCC(=O)OCC(COP(=O)(O)OCC(CO)OC(=O)CC/C=C\C/C=C\C/C=C\C/C=C\CC)OC(=O)CCCCCCCCC/C=C\C/C=C\C/C=C\CC. The van der Waals surface area contributed by atoms with Gasteiger partial charge in [0, 0.05) is 19.3 Å². The first-order valence-electron chi connectivity index (χ1n) is 27.7. The highest BCUT2D eigenvalue weighted by atomic mass is 31.2. The summed E-state index contributed by atoms with van der Waals surface area (Å²) in [6, 6.07) is 0. The molecule has 0 bridgehead atoms. The zero-order valence-corrected chi connectivity index (χ0v) is 46.6. The summed E-state index contributed by atoms with van der Waals surface area (Å²) in [5.74, 6) is -1.65. The Kier molecular flexibility index (Phi) is 51.2. The number of ether oxygens (including phenoxy) is 3. The van der Waals surface area contributed by atoms with Crippen LogP contribution in [0, 0.1) is 0 Å². The van der Waals surface area contributed by atoms with Crippen molar-refractivity contribution in [3.63, 3.8) is 0 Å². The molecule has 0 aromatic carbocycles. The molecule has 0 aromatic heterocycles. The van der Waals surface area contributed by atoms with Crippen molar-refractivity contribution < 1.29 is 52.2 Å². The maximum absolute atomic E-state index is 12.9. The average molecular weight is 1050 g/mol. The molecule has 0 radical (unpaired) electrons. The number of aliphatic hydroxyl groups excluding tert-OH is 1. The summed E-state index contributed by atoms with van der Waals surface area (Å²) in [6.07, 6.45) is 69.8. The average Bonchev–Trinajstić information content (AvgIpc) is 3.39. The quantitative estimate of drug-likeness (QED) is 0.0197. The molecule has 2 N–H and O–H groups in total. The normalized spacial score (nSPS) is 14.5. The maximum Gasteiger partial charge on any atom is 0.472 e. The summed E-state index contributed by atoms with van der Waals surface area (Å²) in [6.45, 7) is 4.11. The van der Waals surface area contributed by atoms with Gasteiger partial charge in [-0.15, -0.1) is 0 Å². The number of phosphoric ester groups is 1. The number of hydrogen-bond donors (Lipinski definition) is 2. The van der Waals surface area contributed by atoms with Gasteiger partial charge in [0.1, 0.15) is 12.7 Å². The van der Waals surface area contributed by atoms with Gasteiger partial charge in [0.15, 0.2) is 6.10 Å². The summed E-state index contributed by atoms with van der Waals surface area (Å²) in [5.41, 5.74) is 0. The van der Waals surface area contributed by atoms with Gasteiger partial charge in [0.2, 0.25) is 0 Å². The number of aliphatic hydroxyl groups is 1. The van der Waals surface area contributed by atoms with Gasteiger partial charge in [0.25, 0.3) is 0 Å². The fraction of sp³-hybridized carbons (Fsp3) is 0.565. The first-order chi connectivity index (χ1) is 36.2. The van der Waals surface area contributed by atoms with Crippen molar-refractivity contribution >= 4 is 25.7 Å². The number of carbonyl (C=O) groups is 3. The van der Waals surface area contributed by atoms with Crippen molar-refractivity contribution in [1.82, 2.24) is 0 Å². The minimum atomic E-state index is -4.79. The Bertz CT molecular complexity index is 1800. The third-order valence-electron chi connectivity index (χ3n) is 10.8. The van der Waals surface area contributed by atoms with Crippen LogP contribution < -0.4 is 0 Å². The Morgan fingerprint density at radius 1 is 0.378 bits per heavy atom. The molecule has 0 aliphatic carbocycles. The van der Waals surface area contributed by atoms with Crippen LogP contribution in [-0.2, 0) is 42.2 Å². The minimum Gasteiger partial charge on any atom is -0.462 e. The molecule has 0 saturated carbocycles. The molecule has 74 heavy (non-hydrogen) atoms. The second-order valence-electron chi connectivity index (χ2n) is 17.6. The smallest absolute Gasteiger partial charge is 0.462 e. The third kappa shape index (κ3) is 52.2. The van der Waals surface area contributed by atoms with E-state index in [0.29, 0.717) is 25.7 Å².